The molecule has 0 fully saturated rings. The summed E-state index contributed by atoms with van der Waals surface area (Å²) in [6.45, 7) is 9.55. The van der Waals surface area contributed by atoms with E-state index in [0.29, 0.717) is 6.54 Å². The molecule has 0 aliphatic carbocycles. The molecule has 1 N–H and O–H groups in total. The minimum atomic E-state index is -0.00447. The fourth-order valence-electron chi connectivity index (χ4n) is 2.59. The van der Waals surface area contributed by atoms with Crippen LogP contribution in [0.15, 0.2) is 35.4 Å². The zero-order valence-electron chi connectivity index (χ0n) is 13.2. The molecule has 2 rings (SSSR count). The van der Waals surface area contributed by atoms with E-state index in [0.717, 1.165) is 12.2 Å². The van der Waals surface area contributed by atoms with Crippen molar-refractivity contribution in [2.45, 2.75) is 40.3 Å². The third-order valence-electron chi connectivity index (χ3n) is 3.65. The summed E-state index contributed by atoms with van der Waals surface area (Å²) in [5.74, 6) is 0. The number of hydrogen-bond donors (Lipinski definition) is 1. The largest absolute Gasteiger partial charge is 0.309 e. The molecule has 2 aromatic rings. The third kappa shape index (κ3) is 3.79. The van der Waals surface area contributed by atoms with Crippen LogP contribution in [-0.2, 0) is 6.54 Å². The highest BCUT2D eigenvalue weighted by Gasteiger charge is 2.14. The number of nitrogens with zero attached hydrogens (tertiary/aromatic N) is 2. The zero-order chi connectivity index (χ0) is 15.4. The molecule has 1 aromatic heterocycles. The second kappa shape index (κ2) is 6.68. The van der Waals surface area contributed by atoms with Crippen LogP contribution in [0, 0.1) is 20.8 Å². The molecular weight excluding hydrogens is 262 g/mol. The summed E-state index contributed by atoms with van der Waals surface area (Å²) in [5, 5.41) is 3.46. The van der Waals surface area contributed by atoms with Gasteiger partial charge in [0.15, 0.2) is 0 Å². The van der Waals surface area contributed by atoms with Gasteiger partial charge in [0.05, 0.1) is 12.4 Å². The predicted molar refractivity (Wildman–Crippen MR) is 85.6 cm³/mol. The third-order valence-corrected chi connectivity index (χ3v) is 3.65. The first kappa shape index (κ1) is 15.4. The second-order valence-electron chi connectivity index (χ2n) is 5.49. The molecule has 0 radical (unpaired) electrons. The first-order valence-electron chi connectivity index (χ1n) is 7.35. The Morgan fingerprint density at radius 3 is 2.62 bits per heavy atom. The zero-order valence-corrected chi connectivity index (χ0v) is 13.2. The van der Waals surface area contributed by atoms with Crippen molar-refractivity contribution >= 4 is 0 Å². The van der Waals surface area contributed by atoms with E-state index in [1.807, 2.05) is 6.92 Å². The predicted octanol–water partition coefficient (Wildman–Crippen LogP) is 2.52. The molecule has 0 aliphatic heterocycles. The van der Waals surface area contributed by atoms with Crippen molar-refractivity contribution in [1.82, 2.24) is 14.9 Å². The van der Waals surface area contributed by atoms with Crippen LogP contribution >= 0.6 is 0 Å². The van der Waals surface area contributed by atoms with Gasteiger partial charge in [0.2, 0.25) is 0 Å². The molecule has 0 spiro atoms. The number of hydrogen-bond acceptors (Lipinski definition) is 3. The summed E-state index contributed by atoms with van der Waals surface area (Å²) < 4.78 is 1.67. The van der Waals surface area contributed by atoms with Crippen LogP contribution in [-0.4, -0.2) is 16.1 Å². The second-order valence-corrected chi connectivity index (χ2v) is 5.49. The lowest BCUT2D eigenvalue weighted by atomic mass is 9.99. The van der Waals surface area contributed by atoms with E-state index < -0.39 is 0 Å². The van der Waals surface area contributed by atoms with E-state index in [4.69, 9.17) is 0 Å². The minimum absolute atomic E-state index is 0.00447. The van der Waals surface area contributed by atoms with Crippen molar-refractivity contribution < 1.29 is 0 Å². The summed E-state index contributed by atoms with van der Waals surface area (Å²) in [7, 11) is 0. The SMILES string of the molecule is CCNC(Cn1cnc(C)cc1=O)c1ccc(C)cc1C. The lowest BCUT2D eigenvalue weighted by Gasteiger charge is -2.21. The highest BCUT2D eigenvalue weighted by molar-refractivity contribution is 5.32. The van der Waals surface area contributed by atoms with E-state index in [9.17, 15) is 4.79 Å². The molecule has 112 valence electrons. The molecule has 1 aromatic carbocycles. The Kier molecular flexibility index (Phi) is 4.91. The van der Waals surface area contributed by atoms with E-state index >= 15 is 0 Å². The van der Waals surface area contributed by atoms with Crippen LogP contribution in [0.5, 0.6) is 0 Å². The lowest BCUT2D eigenvalue weighted by molar-refractivity contribution is 0.461. The molecule has 0 amide bonds. The van der Waals surface area contributed by atoms with Crippen molar-refractivity contribution in [1.29, 1.82) is 0 Å². The van der Waals surface area contributed by atoms with Gasteiger partial charge in [-0.2, -0.15) is 0 Å². The topological polar surface area (TPSA) is 46.9 Å². The molecular formula is C17H23N3O. The Balaban J connectivity index is 2.32. The van der Waals surface area contributed by atoms with Gasteiger partial charge in [0, 0.05) is 18.3 Å². The van der Waals surface area contributed by atoms with Gasteiger partial charge in [-0.15, -0.1) is 0 Å². The van der Waals surface area contributed by atoms with E-state index in [1.165, 1.54) is 16.7 Å². The van der Waals surface area contributed by atoms with Crippen LogP contribution in [0.1, 0.15) is 35.3 Å². The van der Waals surface area contributed by atoms with Gasteiger partial charge in [-0.3, -0.25) is 9.36 Å². The van der Waals surface area contributed by atoms with Crippen molar-refractivity contribution in [2.75, 3.05) is 6.54 Å². The molecule has 21 heavy (non-hydrogen) atoms. The summed E-state index contributed by atoms with van der Waals surface area (Å²) in [4.78, 5) is 16.3. The van der Waals surface area contributed by atoms with Gasteiger partial charge in [0.1, 0.15) is 0 Å². The normalized spacial score (nSPS) is 12.4. The molecule has 0 saturated carbocycles. The summed E-state index contributed by atoms with van der Waals surface area (Å²) >= 11 is 0. The van der Waals surface area contributed by atoms with Crippen molar-refractivity contribution in [3.8, 4) is 0 Å². The summed E-state index contributed by atoms with van der Waals surface area (Å²) in [6, 6.07) is 8.12. The van der Waals surface area contributed by atoms with Crippen LogP contribution in [0.25, 0.3) is 0 Å². The fourth-order valence-corrected chi connectivity index (χ4v) is 2.59. The summed E-state index contributed by atoms with van der Waals surface area (Å²) in [6.07, 6.45) is 1.63. The smallest absolute Gasteiger partial charge is 0.253 e. The van der Waals surface area contributed by atoms with Crippen LogP contribution in [0.3, 0.4) is 0 Å². The van der Waals surface area contributed by atoms with Gasteiger partial charge in [-0.05, 0) is 38.4 Å². The molecule has 4 heteroatoms. The average molecular weight is 285 g/mol. The van der Waals surface area contributed by atoms with E-state index in [1.54, 1.807) is 17.0 Å². The van der Waals surface area contributed by atoms with Crippen molar-refractivity contribution in [3.63, 3.8) is 0 Å². The molecule has 0 bridgehead atoms. The molecule has 1 heterocycles. The van der Waals surface area contributed by atoms with Crippen molar-refractivity contribution in [3.05, 3.63) is 63.3 Å². The highest BCUT2D eigenvalue weighted by Crippen LogP contribution is 2.20. The number of benzene rings is 1. The number of aryl methyl sites for hydroxylation is 3. The van der Waals surface area contributed by atoms with Gasteiger partial charge < -0.3 is 5.32 Å². The first-order chi connectivity index (χ1) is 10.0. The van der Waals surface area contributed by atoms with E-state index in [2.05, 4.69) is 49.3 Å². The fraction of sp³-hybridized carbons (Fsp3) is 0.412. The maximum absolute atomic E-state index is 12.0. The van der Waals surface area contributed by atoms with E-state index in [-0.39, 0.29) is 11.6 Å². The lowest BCUT2D eigenvalue weighted by Crippen LogP contribution is -2.31. The van der Waals surface area contributed by atoms with Gasteiger partial charge in [-0.25, -0.2) is 4.98 Å². The quantitative estimate of drug-likeness (QED) is 0.918. The number of aromatic nitrogens is 2. The Hall–Kier alpha value is -1.94. The number of likely N-dealkylation sites (N-methyl/N-ethyl adjacent to an activating group) is 1. The van der Waals surface area contributed by atoms with Crippen LogP contribution in [0.4, 0.5) is 0 Å². The molecule has 1 atom stereocenters. The Labute approximate surface area is 125 Å². The molecule has 0 saturated heterocycles. The van der Waals surface area contributed by atoms with Gasteiger partial charge in [0.25, 0.3) is 5.56 Å². The molecule has 0 aliphatic rings. The first-order valence-corrected chi connectivity index (χ1v) is 7.35. The molecule has 1 unspecified atom stereocenters. The Morgan fingerprint density at radius 2 is 2.00 bits per heavy atom. The van der Waals surface area contributed by atoms with Crippen LogP contribution < -0.4 is 10.9 Å². The Bertz CT molecular complexity index is 676. The minimum Gasteiger partial charge on any atom is -0.309 e. The molecule has 4 nitrogen and oxygen atoms in total. The standard InChI is InChI=1S/C17H23N3O/c1-5-18-16(15-7-6-12(2)8-13(15)3)10-20-11-19-14(4)9-17(20)21/h6-9,11,16,18H,5,10H2,1-4H3. The Morgan fingerprint density at radius 1 is 1.24 bits per heavy atom. The van der Waals surface area contributed by atoms with Crippen molar-refractivity contribution in [2.24, 2.45) is 0 Å². The summed E-state index contributed by atoms with van der Waals surface area (Å²) in [5.41, 5.74) is 4.47. The monoisotopic (exact) mass is 285 g/mol. The average Bonchev–Trinajstić information content (AvgIpc) is 2.41. The maximum Gasteiger partial charge on any atom is 0.253 e. The van der Waals surface area contributed by atoms with Gasteiger partial charge in [-0.1, -0.05) is 30.7 Å². The number of rotatable bonds is 5. The number of nitrogens with one attached hydrogen (secondary N) is 1. The van der Waals surface area contributed by atoms with Crippen LogP contribution in [0.2, 0.25) is 0 Å². The maximum atomic E-state index is 12.0. The van der Waals surface area contributed by atoms with Gasteiger partial charge >= 0.3 is 0 Å². The highest BCUT2D eigenvalue weighted by atomic mass is 16.1.